The third-order valence-electron chi connectivity index (χ3n) is 3.40. The summed E-state index contributed by atoms with van der Waals surface area (Å²) in [5, 5.41) is 8.89. The van der Waals surface area contributed by atoms with Gasteiger partial charge in [-0.25, -0.2) is 0 Å². The molecular weight excluding hydrogens is 260 g/mol. The molecular formula is C18H18N2O. The molecule has 0 N–H and O–H groups in total. The minimum Gasteiger partial charge on any atom is -0.341 e. The van der Waals surface area contributed by atoms with Crippen molar-refractivity contribution in [3.8, 4) is 6.07 Å². The summed E-state index contributed by atoms with van der Waals surface area (Å²) in [5.41, 5.74) is 3.51. The predicted octanol–water partition coefficient (Wildman–Crippen LogP) is 3.18. The SMILES string of the molecule is Cc1cccc(C(=O)N(C)CCc2cccc(C#N)c2)c1. The predicted molar refractivity (Wildman–Crippen MR) is 83.0 cm³/mol. The van der Waals surface area contributed by atoms with Gasteiger partial charge in [0.15, 0.2) is 0 Å². The molecule has 0 aliphatic rings. The summed E-state index contributed by atoms with van der Waals surface area (Å²) in [6, 6.07) is 17.2. The number of carbonyl (C=O) groups is 1. The average Bonchev–Trinajstić information content (AvgIpc) is 2.52. The van der Waals surface area contributed by atoms with Crippen LogP contribution < -0.4 is 0 Å². The van der Waals surface area contributed by atoms with Crippen molar-refractivity contribution in [2.24, 2.45) is 0 Å². The zero-order valence-electron chi connectivity index (χ0n) is 12.3. The summed E-state index contributed by atoms with van der Waals surface area (Å²) in [7, 11) is 1.80. The zero-order chi connectivity index (χ0) is 15.2. The second-order valence-electron chi connectivity index (χ2n) is 5.16. The molecule has 2 aromatic rings. The van der Waals surface area contributed by atoms with E-state index < -0.39 is 0 Å². The molecule has 0 atom stereocenters. The molecule has 0 spiro atoms. The van der Waals surface area contributed by atoms with Gasteiger partial charge >= 0.3 is 0 Å². The van der Waals surface area contributed by atoms with Crippen LogP contribution in [0.1, 0.15) is 27.0 Å². The first kappa shape index (κ1) is 14.8. The van der Waals surface area contributed by atoms with Gasteiger partial charge in [-0.15, -0.1) is 0 Å². The Kier molecular flexibility index (Phi) is 4.73. The van der Waals surface area contributed by atoms with Crippen LogP contribution in [0.2, 0.25) is 0 Å². The molecule has 0 saturated carbocycles. The summed E-state index contributed by atoms with van der Waals surface area (Å²) in [6.07, 6.45) is 0.740. The zero-order valence-corrected chi connectivity index (χ0v) is 12.3. The molecule has 0 unspecified atom stereocenters. The monoisotopic (exact) mass is 278 g/mol. The largest absolute Gasteiger partial charge is 0.341 e. The van der Waals surface area contributed by atoms with Crippen LogP contribution in [-0.4, -0.2) is 24.4 Å². The number of aryl methyl sites for hydroxylation is 1. The minimum atomic E-state index is 0.0233. The van der Waals surface area contributed by atoms with Crippen LogP contribution in [0.25, 0.3) is 0 Å². The molecule has 0 bridgehead atoms. The molecule has 3 heteroatoms. The number of hydrogen-bond donors (Lipinski definition) is 0. The van der Waals surface area contributed by atoms with Crippen LogP contribution in [0.5, 0.6) is 0 Å². The fourth-order valence-electron chi connectivity index (χ4n) is 2.19. The van der Waals surface area contributed by atoms with E-state index in [1.54, 1.807) is 18.0 Å². The van der Waals surface area contributed by atoms with Gasteiger partial charge in [0.2, 0.25) is 0 Å². The molecule has 106 valence electrons. The molecule has 0 saturated heterocycles. The Bertz CT molecular complexity index is 686. The number of likely N-dealkylation sites (N-methyl/N-ethyl adjacent to an activating group) is 1. The maximum Gasteiger partial charge on any atom is 0.253 e. The first-order valence-corrected chi connectivity index (χ1v) is 6.91. The first-order chi connectivity index (χ1) is 10.1. The number of amides is 1. The highest BCUT2D eigenvalue weighted by Gasteiger charge is 2.11. The summed E-state index contributed by atoms with van der Waals surface area (Å²) < 4.78 is 0. The van der Waals surface area contributed by atoms with Crippen molar-refractivity contribution < 1.29 is 4.79 Å². The van der Waals surface area contributed by atoms with E-state index in [2.05, 4.69) is 6.07 Å². The molecule has 0 fully saturated rings. The fraction of sp³-hybridized carbons (Fsp3) is 0.222. The minimum absolute atomic E-state index is 0.0233. The van der Waals surface area contributed by atoms with Crippen molar-refractivity contribution in [2.75, 3.05) is 13.6 Å². The molecule has 2 rings (SSSR count). The fourth-order valence-corrected chi connectivity index (χ4v) is 2.19. The molecule has 0 aromatic heterocycles. The topological polar surface area (TPSA) is 44.1 Å². The van der Waals surface area contributed by atoms with Gasteiger partial charge in [0.1, 0.15) is 0 Å². The highest BCUT2D eigenvalue weighted by atomic mass is 16.2. The first-order valence-electron chi connectivity index (χ1n) is 6.91. The lowest BCUT2D eigenvalue weighted by Gasteiger charge is -2.17. The average molecular weight is 278 g/mol. The number of carbonyl (C=O) groups excluding carboxylic acids is 1. The van der Waals surface area contributed by atoms with Crippen molar-refractivity contribution in [3.05, 3.63) is 70.8 Å². The van der Waals surface area contributed by atoms with Crippen molar-refractivity contribution in [3.63, 3.8) is 0 Å². The van der Waals surface area contributed by atoms with E-state index in [1.165, 1.54) is 0 Å². The smallest absolute Gasteiger partial charge is 0.253 e. The Balaban J connectivity index is 1.99. The lowest BCUT2D eigenvalue weighted by Crippen LogP contribution is -2.28. The van der Waals surface area contributed by atoms with Gasteiger partial charge in [-0.1, -0.05) is 29.8 Å². The van der Waals surface area contributed by atoms with Crippen LogP contribution in [0.4, 0.5) is 0 Å². The van der Waals surface area contributed by atoms with Crippen molar-refractivity contribution in [1.29, 1.82) is 5.26 Å². The van der Waals surface area contributed by atoms with E-state index in [0.717, 1.165) is 17.5 Å². The second kappa shape index (κ2) is 6.71. The lowest BCUT2D eigenvalue weighted by atomic mass is 10.1. The van der Waals surface area contributed by atoms with E-state index in [9.17, 15) is 4.79 Å². The molecule has 0 aliphatic carbocycles. The maximum absolute atomic E-state index is 12.3. The Morgan fingerprint density at radius 3 is 2.67 bits per heavy atom. The standard InChI is InChI=1S/C18H18N2O/c1-14-5-3-8-17(11-14)18(21)20(2)10-9-15-6-4-7-16(12-15)13-19/h3-8,11-12H,9-10H2,1-2H3. The molecule has 2 aromatic carbocycles. The highest BCUT2D eigenvalue weighted by molar-refractivity contribution is 5.94. The lowest BCUT2D eigenvalue weighted by molar-refractivity contribution is 0.0796. The van der Waals surface area contributed by atoms with Gasteiger partial charge in [-0.05, 0) is 43.2 Å². The molecule has 0 heterocycles. The molecule has 3 nitrogen and oxygen atoms in total. The van der Waals surface area contributed by atoms with Gasteiger partial charge in [0.25, 0.3) is 5.91 Å². The van der Waals surface area contributed by atoms with Crippen LogP contribution in [0, 0.1) is 18.3 Å². The van der Waals surface area contributed by atoms with Crippen molar-refractivity contribution in [1.82, 2.24) is 4.90 Å². The van der Waals surface area contributed by atoms with E-state index in [4.69, 9.17) is 5.26 Å². The summed E-state index contributed by atoms with van der Waals surface area (Å²) >= 11 is 0. The van der Waals surface area contributed by atoms with Crippen LogP contribution >= 0.6 is 0 Å². The van der Waals surface area contributed by atoms with Gasteiger partial charge in [0.05, 0.1) is 11.6 Å². The van der Waals surface area contributed by atoms with Crippen LogP contribution in [0.3, 0.4) is 0 Å². The van der Waals surface area contributed by atoms with Crippen LogP contribution in [0.15, 0.2) is 48.5 Å². The van der Waals surface area contributed by atoms with Gasteiger partial charge < -0.3 is 4.90 Å². The number of rotatable bonds is 4. The Morgan fingerprint density at radius 1 is 1.19 bits per heavy atom. The number of hydrogen-bond acceptors (Lipinski definition) is 2. The molecule has 1 amide bonds. The molecule has 0 aliphatic heterocycles. The van der Waals surface area contributed by atoms with E-state index in [-0.39, 0.29) is 5.91 Å². The number of benzene rings is 2. The normalized spacial score (nSPS) is 9.95. The quantitative estimate of drug-likeness (QED) is 0.862. The van der Waals surface area contributed by atoms with Crippen molar-refractivity contribution in [2.45, 2.75) is 13.3 Å². The highest BCUT2D eigenvalue weighted by Crippen LogP contribution is 2.09. The van der Waals surface area contributed by atoms with E-state index in [0.29, 0.717) is 17.7 Å². The Labute approximate surface area is 125 Å². The van der Waals surface area contributed by atoms with Gasteiger partial charge in [-0.3, -0.25) is 4.79 Å². The third-order valence-corrected chi connectivity index (χ3v) is 3.40. The summed E-state index contributed by atoms with van der Waals surface area (Å²) in [6.45, 7) is 2.60. The van der Waals surface area contributed by atoms with E-state index >= 15 is 0 Å². The van der Waals surface area contributed by atoms with Crippen molar-refractivity contribution >= 4 is 5.91 Å². The number of nitriles is 1. The maximum atomic E-state index is 12.3. The second-order valence-corrected chi connectivity index (χ2v) is 5.16. The number of nitrogens with zero attached hydrogens (tertiary/aromatic N) is 2. The Morgan fingerprint density at radius 2 is 1.95 bits per heavy atom. The molecule has 21 heavy (non-hydrogen) atoms. The Hall–Kier alpha value is -2.60. The third kappa shape index (κ3) is 3.93. The summed E-state index contributed by atoms with van der Waals surface area (Å²) in [4.78, 5) is 14.0. The van der Waals surface area contributed by atoms with Gasteiger partial charge in [-0.2, -0.15) is 5.26 Å². The van der Waals surface area contributed by atoms with E-state index in [1.807, 2.05) is 49.4 Å². The van der Waals surface area contributed by atoms with Crippen LogP contribution in [-0.2, 0) is 6.42 Å². The molecule has 0 radical (unpaired) electrons. The summed E-state index contributed by atoms with van der Waals surface area (Å²) in [5.74, 6) is 0.0233. The van der Waals surface area contributed by atoms with Gasteiger partial charge in [0, 0.05) is 19.2 Å².